The molecule has 0 fully saturated rings. The molecule has 0 aliphatic heterocycles. The summed E-state index contributed by atoms with van der Waals surface area (Å²) in [6.07, 6.45) is 0. The van der Waals surface area contributed by atoms with Crippen molar-refractivity contribution in [2.45, 2.75) is 6.92 Å². The van der Waals surface area contributed by atoms with Crippen LogP contribution in [0.5, 0.6) is 5.75 Å². The van der Waals surface area contributed by atoms with Crippen molar-refractivity contribution >= 4 is 17.2 Å². The molecule has 24 heavy (non-hydrogen) atoms. The number of nitrogen functional groups attached to an aromatic ring is 1. The fraction of sp³-hybridized carbons (Fsp3) is 0.167. The Morgan fingerprint density at radius 2 is 1.88 bits per heavy atom. The van der Waals surface area contributed by atoms with Crippen LogP contribution in [0.4, 0.5) is 21.6 Å². The molecule has 0 spiro atoms. The molecule has 1 heterocycles. The molecular formula is C18H19FN4O. The second-order valence-electron chi connectivity index (χ2n) is 5.52. The Morgan fingerprint density at radius 1 is 1.17 bits per heavy atom. The third-order valence-electron chi connectivity index (χ3n) is 3.87. The number of anilines is 3. The highest BCUT2D eigenvalue weighted by Gasteiger charge is 2.16. The lowest BCUT2D eigenvalue weighted by Crippen LogP contribution is -2.03. The number of nitrogens with zero attached hydrogens (tertiary/aromatic N) is 2. The van der Waals surface area contributed by atoms with Gasteiger partial charge in [0, 0.05) is 18.7 Å². The molecule has 0 amide bonds. The lowest BCUT2D eigenvalue weighted by molar-refractivity contribution is 0.415. The number of nitrogens with two attached hydrogens (primary N) is 1. The Balaban J connectivity index is 2.04. The number of halogens is 1. The molecule has 1 aromatic heterocycles. The molecule has 0 saturated heterocycles. The monoisotopic (exact) mass is 326 g/mol. The SMILES string of the molecule is COc1ccc(Nc2c(-c3ccc(F)cc3)c(C)nn2C)c(N)c1. The average Bonchev–Trinajstić information content (AvgIpc) is 2.84. The Labute approximate surface area is 139 Å². The predicted octanol–water partition coefficient (Wildman–Crippen LogP) is 3.87. The van der Waals surface area contributed by atoms with Gasteiger partial charge in [-0.15, -0.1) is 0 Å². The smallest absolute Gasteiger partial charge is 0.136 e. The molecule has 3 N–H and O–H groups in total. The van der Waals surface area contributed by atoms with E-state index in [4.69, 9.17) is 10.5 Å². The molecule has 0 aliphatic carbocycles. The van der Waals surface area contributed by atoms with Crippen molar-refractivity contribution in [1.82, 2.24) is 9.78 Å². The third-order valence-corrected chi connectivity index (χ3v) is 3.87. The van der Waals surface area contributed by atoms with Crippen LogP contribution < -0.4 is 15.8 Å². The van der Waals surface area contributed by atoms with E-state index in [1.54, 1.807) is 30.0 Å². The zero-order valence-corrected chi connectivity index (χ0v) is 13.8. The molecule has 0 bridgehead atoms. The van der Waals surface area contributed by atoms with Crippen LogP contribution in [0.3, 0.4) is 0 Å². The fourth-order valence-electron chi connectivity index (χ4n) is 2.67. The van der Waals surface area contributed by atoms with Gasteiger partial charge in [0.1, 0.15) is 17.4 Å². The van der Waals surface area contributed by atoms with E-state index in [0.29, 0.717) is 11.4 Å². The summed E-state index contributed by atoms with van der Waals surface area (Å²) in [4.78, 5) is 0. The van der Waals surface area contributed by atoms with E-state index >= 15 is 0 Å². The lowest BCUT2D eigenvalue weighted by atomic mass is 10.1. The molecule has 0 atom stereocenters. The maximum Gasteiger partial charge on any atom is 0.136 e. The van der Waals surface area contributed by atoms with Gasteiger partial charge in [-0.1, -0.05) is 12.1 Å². The topological polar surface area (TPSA) is 65.1 Å². The van der Waals surface area contributed by atoms with E-state index in [0.717, 1.165) is 28.3 Å². The second-order valence-corrected chi connectivity index (χ2v) is 5.52. The number of ether oxygens (including phenoxy) is 1. The molecule has 5 nitrogen and oxygen atoms in total. The first kappa shape index (κ1) is 15.9. The Hall–Kier alpha value is -3.02. The van der Waals surface area contributed by atoms with Crippen molar-refractivity contribution in [3.05, 3.63) is 54.0 Å². The number of nitrogens with one attached hydrogen (secondary N) is 1. The third kappa shape index (κ3) is 2.90. The molecule has 2 aromatic carbocycles. The van der Waals surface area contributed by atoms with Gasteiger partial charge in [0.2, 0.25) is 0 Å². The predicted molar refractivity (Wildman–Crippen MR) is 94.0 cm³/mol. The Kier molecular flexibility index (Phi) is 4.12. The van der Waals surface area contributed by atoms with Gasteiger partial charge in [0.25, 0.3) is 0 Å². The number of rotatable bonds is 4. The largest absolute Gasteiger partial charge is 0.497 e. The molecule has 0 unspecified atom stereocenters. The Morgan fingerprint density at radius 3 is 2.50 bits per heavy atom. The lowest BCUT2D eigenvalue weighted by Gasteiger charge is -2.13. The quantitative estimate of drug-likeness (QED) is 0.714. The number of hydrogen-bond acceptors (Lipinski definition) is 4. The number of methoxy groups -OCH3 is 1. The summed E-state index contributed by atoms with van der Waals surface area (Å²) in [7, 11) is 3.45. The van der Waals surface area contributed by atoms with Crippen LogP contribution >= 0.6 is 0 Å². The summed E-state index contributed by atoms with van der Waals surface area (Å²) >= 11 is 0. The Bertz CT molecular complexity index is 871. The van der Waals surface area contributed by atoms with Crippen molar-refractivity contribution in [2.75, 3.05) is 18.2 Å². The highest BCUT2D eigenvalue weighted by molar-refractivity contribution is 5.83. The maximum atomic E-state index is 13.2. The minimum absolute atomic E-state index is 0.269. The summed E-state index contributed by atoms with van der Waals surface area (Å²) in [5.41, 5.74) is 10.1. The average molecular weight is 326 g/mol. The maximum absolute atomic E-state index is 13.2. The number of benzene rings is 2. The molecule has 3 aromatic rings. The minimum Gasteiger partial charge on any atom is -0.497 e. The second kappa shape index (κ2) is 6.23. The number of hydrogen-bond donors (Lipinski definition) is 2. The zero-order valence-electron chi connectivity index (χ0n) is 13.8. The van der Waals surface area contributed by atoms with E-state index in [9.17, 15) is 4.39 Å². The van der Waals surface area contributed by atoms with Gasteiger partial charge in [-0.05, 0) is 36.8 Å². The zero-order chi connectivity index (χ0) is 17.3. The number of aryl methyl sites for hydroxylation is 2. The summed E-state index contributed by atoms with van der Waals surface area (Å²) in [6, 6.07) is 11.8. The molecule has 6 heteroatoms. The summed E-state index contributed by atoms with van der Waals surface area (Å²) < 4.78 is 20.1. The molecular weight excluding hydrogens is 307 g/mol. The standard InChI is InChI=1S/C18H19FN4O/c1-11-17(12-4-6-13(19)7-5-12)18(23(2)22-11)21-16-9-8-14(24-3)10-15(16)20/h4-10,21H,20H2,1-3H3. The summed E-state index contributed by atoms with van der Waals surface area (Å²) in [5.74, 6) is 1.21. The van der Waals surface area contributed by atoms with Crippen molar-refractivity contribution < 1.29 is 9.13 Å². The van der Waals surface area contributed by atoms with Gasteiger partial charge in [-0.2, -0.15) is 5.10 Å². The van der Waals surface area contributed by atoms with Gasteiger partial charge in [-0.25, -0.2) is 4.39 Å². The van der Waals surface area contributed by atoms with E-state index in [-0.39, 0.29) is 5.82 Å². The first-order chi connectivity index (χ1) is 11.5. The first-order valence-electron chi connectivity index (χ1n) is 7.49. The van der Waals surface area contributed by atoms with Gasteiger partial charge in [0.05, 0.1) is 24.2 Å². The first-order valence-corrected chi connectivity index (χ1v) is 7.49. The van der Waals surface area contributed by atoms with Gasteiger partial charge in [-0.3, -0.25) is 4.68 Å². The fourth-order valence-corrected chi connectivity index (χ4v) is 2.67. The minimum atomic E-state index is -0.269. The van der Waals surface area contributed by atoms with Crippen LogP contribution in [-0.2, 0) is 7.05 Å². The van der Waals surface area contributed by atoms with E-state index in [1.807, 2.05) is 26.1 Å². The number of aromatic nitrogens is 2. The van der Waals surface area contributed by atoms with Crippen LogP contribution in [0.1, 0.15) is 5.69 Å². The van der Waals surface area contributed by atoms with Crippen molar-refractivity contribution in [2.24, 2.45) is 7.05 Å². The summed E-state index contributed by atoms with van der Waals surface area (Å²) in [5, 5.41) is 7.78. The van der Waals surface area contributed by atoms with E-state index < -0.39 is 0 Å². The van der Waals surface area contributed by atoms with Crippen LogP contribution in [-0.4, -0.2) is 16.9 Å². The van der Waals surface area contributed by atoms with Gasteiger partial charge in [0.15, 0.2) is 0 Å². The molecule has 0 aliphatic rings. The van der Waals surface area contributed by atoms with Crippen LogP contribution in [0, 0.1) is 12.7 Å². The molecule has 124 valence electrons. The van der Waals surface area contributed by atoms with E-state index in [2.05, 4.69) is 10.4 Å². The highest BCUT2D eigenvalue weighted by Crippen LogP contribution is 2.35. The molecule has 0 radical (unpaired) electrons. The van der Waals surface area contributed by atoms with E-state index in [1.165, 1.54) is 12.1 Å². The van der Waals surface area contributed by atoms with Crippen molar-refractivity contribution in [1.29, 1.82) is 0 Å². The van der Waals surface area contributed by atoms with Gasteiger partial charge < -0.3 is 15.8 Å². The van der Waals surface area contributed by atoms with Crippen molar-refractivity contribution in [3.63, 3.8) is 0 Å². The summed E-state index contributed by atoms with van der Waals surface area (Å²) in [6.45, 7) is 1.92. The van der Waals surface area contributed by atoms with Gasteiger partial charge >= 0.3 is 0 Å². The molecule has 0 saturated carbocycles. The molecule has 3 rings (SSSR count). The highest BCUT2D eigenvalue weighted by atomic mass is 19.1. The van der Waals surface area contributed by atoms with Crippen LogP contribution in [0.2, 0.25) is 0 Å². The van der Waals surface area contributed by atoms with Crippen LogP contribution in [0.15, 0.2) is 42.5 Å². The van der Waals surface area contributed by atoms with Crippen LogP contribution in [0.25, 0.3) is 11.1 Å². The normalized spacial score (nSPS) is 10.7. The van der Waals surface area contributed by atoms with Crippen molar-refractivity contribution in [3.8, 4) is 16.9 Å².